The van der Waals surface area contributed by atoms with E-state index in [1.165, 1.54) is 42.9 Å². The predicted molar refractivity (Wildman–Crippen MR) is 88.1 cm³/mol. The Morgan fingerprint density at radius 3 is 2.36 bits per heavy atom. The van der Waals surface area contributed by atoms with Gasteiger partial charge in [-0.3, -0.25) is 9.48 Å². The lowest BCUT2D eigenvalue weighted by Crippen LogP contribution is -2.56. The molecule has 1 aromatic rings. The maximum atomic E-state index is 13.3. The third kappa shape index (κ3) is 2.87. The van der Waals surface area contributed by atoms with Gasteiger partial charge in [0, 0.05) is 12.0 Å². The number of aromatic nitrogens is 2. The molecule has 4 nitrogen and oxygen atoms in total. The summed E-state index contributed by atoms with van der Waals surface area (Å²) in [6, 6.07) is 1.73. The van der Waals surface area contributed by atoms with E-state index < -0.39 is 6.43 Å². The van der Waals surface area contributed by atoms with Crippen LogP contribution in [0.1, 0.15) is 68.7 Å². The van der Waals surface area contributed by atoms with Gasteiger partial charge in [-0.25, -0.2) is 8.78 Å². The van der Waals surface area contributed by atoms with Crippen molar-refractivity contribution in [2.75, 3.05) is 0 Å². The number of alkyl halides is 2. The highest BCUT2D eigenvalue weighted by atomic mass is 19.3. The predicted octanol–water partition coefficient (Wildman–Crippen LogP) is 3.64. The number of amides is 1. The maximum absolute atomic E-state index is 13.3. The summed E-state index contributed by atoms with van der Waals surface area (Å²) < 4.78 is 27.8. The summed E-state index contributed by atoms with van der Waals surface area (Å²) in [5.41, 5.74) is 0.597. The molecule has 0 aromatic carbocycles. The van der Waals surface area contributed by atoms with Crippen molar-refractivity contribution in [3.63, 3.8) is 0 Å². The van der Waals surface area contributed by atoms with Crippen LogP contribution >= 0.6 is 0 Å². The second-order valence-electron chi connectivity index (χ2n) is 8.75. The Kier molecular flexibility index (Phi) is 3.64. The lowest BCUT2D eigenvalue weighted by Gasteiger charge is -2.54. The quantitative estimate of drug-likeness (QED) is 0.882. The van der Waals surface area contributed by atoms with E-state index in [4.69, 9.17) is 0 Å². The van der Waals surface area contributed by atoms with E-state index in [9.17, 15) is 13.6 Å². The third-order valence-electron chi connectivity index (χ3n) is 6.90. The fourth-order valence-corrected chi connectivity index (χ4v) is 5.86. The van der Waals surface area contributed by atoms with E-state index in [0.29, 0.717) is 17.8 Å². The molecule has 5 aliphatic carbocycles. The number of carbonyl (C=O) groups excluding carboxylic acids is 1. The fraction of sp³-hybridized carbons (Fsp3) is 0.789. The average Bonchev–Trinajstić information content (AvgIpc) is 3.31. The highest BCUT2D eigenvalue weighted by Gasteiger charge is 2.48. The summed E-state index contributed by atoms with van der Waals surface area (Å²) in [6.45, 7) is -0.0881. The molecule has 136 valence electrons. The second-order valence-corrected chi connectivity index (χ2v) is 8.75. The summed E-state index contributed by atoms with van der Waals surface area (Å²) in [6.07, 6.45) is 5.74. The topological polar surface area (TPSA) is 46.9 Å². The van der Waals surface area contributed by atoms with Crippen molar-refractivity contribution in [2.24, 2.45) is 23.7 Å². The highest BCUT2D eigenvalue weighted by Crippen LogP contribution is 2.53. The summed E-state index contributed by atoms with van der Waals surface area (Å²) in [7, 11) is 0. The fourth-order valence-electron chi connectivity index (χ4n) is 5.86. The van der Waals surface area contributed by atoms with Crippen LogP contribution in [0.2, 0.25) is 0 Å². The first kappa shape index (κ1) is 15.8. The molecule has 1 heterocycles. The number of carbonyl (C=O) groups is 1. The molecule has 5 saturated carbocycles. The molecule has 1 N–H and O–H groups in total. The molecule has 1 aromatic heterocycles. The molecule has 4 bridgehead atoms. The van der Waals surface area contributed by atoms with Crippen molar-refractivity contribution in [1.82, 2.24) is 15.1 Å². The van der Waals surface area contributed by atoms with Crippen LogP contribution in [0.25, 0.3) is 0 Å². The minimum Gasteiger partial charge on any atom is -0.351 e. The minimum atomic E-state index is -2.59. The maximum Gasteiger partial charge on any atom is 0.280 e. The van der Waals surface area contributed by atoms with Gasteiger partial charge in [0.25, 0.3) is 6.43 Å². The van der Waals surface area contributed by atoms with Crippen LogP contribution < -0.4 is 5.32 Å². The van der Waals surface area contributed by atoms with Crippen molar-refractivity contribution in [2.45, 2.75) is 69.9 Å². The lowest BCUT2D eigenvalue weighted by molar-refractivity contribution is -0.125. The standard InChI is InChI=1S/C19H25F2N3O/c20-19(21)16-8-15(12-1-2-12)23-24(16)9-17(25)22-18-13-4-10-3-11(6-13)7-14(18)5-10/h8,10-14,18-19H,1-7,9H2,(H,22,25). The molecule has 0 radical (unpaired) electrons. The normalized spacial score (nSPS) is 36.2. The molecular formula is C19H25F2N3O. The Morgan fingerprint density at radius 2 is 1.80 bits per heavy atom. The molecule has 0 unspecified atom stereocenters. The summed E-state index contributed by atoms with van der Waals surface area (Å²) in [5, 5.41) is 7.48. The smallest absolute Gasteiger partial charge is 0.280 e. The summed E-state index contributed by atoms with van der Waals surface area (Å²) in [4.78, 5) is 12.6. The van der Waals surface area contributed by atoms with Gasteiger partial charge in [0.2, 0.25) is 5.91 Å². The van der Waals surface area contributed by atoms with Gasteiger partial charge in [-0.1, -0.05) is 0 Å². The molecule has 5 fully saturated rings. The van der Waals surface area contributed by atoms with Gasteiger partial charge in [0.1, 0.15) is 12.2 Å². The van der Waals surface area contributed by atoms with Gasteiger partial charge in [-0.05, 0) is 74.7 Å². The zero-order valence-corrected chi connectivity index (χ0v) is 14.3. The van der Waals surface area contributed by atoms with Gasteiger partial charge < -0.3 is 5.32 Å². The molecule has 6 rings (SSSR count). The van der Waals surface area contributed by atoms with Crippen LogP contribution in [-0.4, -0.2) is 21.7 Å². The monoisotopic (exact) mass is 349 g/mol. The van der Waals surface area contributed by atoms with Gasteiger partial charge in [0.15, 0.2) is 0 Å². The Hall–Kier alpha value is -1.46. The molecule has 25 heavy (non-hydrogen) atoms. The van der Waals surface area contributed by atoms with Crippen molar-refractivity contribution < 1.29 is 13.6 Å². The van der Waals surface area contributed by atoms with E-state index >= 15 is 0 Å². The number of halogens is 2. The number of hydrogen-bond donors (Lipinski definition) is 1. The molecule has 0 saturated heterocycles. The first-order valence-corrected chi connectivity index (χ1v) is 9.72. The van der Waals surface area contributed by atoms with E-state index in [1.807, 2.05) is 0 Å². The molecule has 0 spiro atoms. The van der Waals surface area contributed by atoms with Crippen molar-refractivity contribution in [3.8, 4) is 0 Å². The Balaban J connectivity index is 1.28. The first-order chi connectivity index (χ1) is 12.1. The number of rotatable bonds is 5. The minimum absolute atomic E-state index is 0.0881. The largest absolute Gasteiger partial charge is 0.351 e. The second kappa shape index (κ2) is 5.78. The van der Waals surface area contributed by atoms with E-state index in [-0.39, 0.29) is 24.2 Å². The van der Waals surface area contributed by atoms with Crippen LogP contribution in [0.4, 0.5) is 8.78 Å². The number of nitrogens with zero attached hydrogens (tertiary/aromatic N) is 2. The molecular weight excluding hydrogens is 324 g/mol. The molecule has 0 atom stereocenters. The zero-order valence-electron chi connectivity index (χ0n) is 14.3. The highest BCUT2D eigenvalue weighted by molar-refractivity contribution is 5.76. The Morgan fingerprint density at radius 1 is 1.16 bits per heavy atom. The zero-order chi connectivity index (χ0) is 17.1. The van der Waals surface area contributed by atoms with Gasteiger partial charge in [0.05, 0.1) is 5.69 Å². The van der Waals surface area contributed by atoms with Crippen molar-refractivity contribution in [3.05, 3.63) is 17.5 Å². The molecule has 1 amide bonds. The SMILES string of the molecule is O=C(Cn1nc(C2CC2)cc1C(F)F)NC1C2CC3CC(C2)CC1C3. The van der Waals surface area contributed by atoms with Crippen LogP contribution in [-0.2, 0) is 11.3 Å². The molecule has 0 aliphatic heterocycles. The van der Waals surface area contributed by atoms with Gasteiger partial charge in [-0.15, -0.1) is 0 Å². The van der Waals surface area contributed by atoms with Crippen LogP contribution in [0.15, 0.2) is 6.07 Å². The third-order valence-corrected chi connectivity index (χ3v) is 6.90. The van der Waals surface area contributed by atoms with Crippen molar-refractivity contribution in [1.29, 1.82) is 0 Å². The van der Waals surface area contributed by atoms with Gasteiger partial charge >= 0.3 is 0 Å². The average molecular weight is 349 g/mol. The van der Waals surface area contributed by atoms with E-state index in [1.54, 1.807) is 0 Å². The van der Waals surface area contributed by atoms with E-state index in [0.717, 1.165) is 30.4 Å². The van der Waals surface area contributed by atoms with Gasteiger partial charge in [-0.2, -0.15) is 5.10 Å². The van der Waals surface area contributed by atoms with E-state index in [2.05, 4.69) is 10.4 Å². The lowest BCUT2D eigenvalue weighted by atomic mass is 9.54. The van der Waals surface area contributed by atoms with Crippen LogP contribution in [0.5, 0.6) is 0 Å². The summed E-state index contributed by atoms with van der Waals surface area (Å²) in [5.74, 6) is 3.04. The number of hydrogen-bond acceptors (Lipinski definition) is 2. The first-order valence-electron chi connectivity index (χ1n) is 9.72. The molecule has 5 aliphatic rings. The Labute approximate surface area is 146 Å². The molecule has 6 heteroatoms. The van der Waals surface area contributed by atoms with Crippen molar-refractivity contribution >= 4 is 5.91 Å². The van der Waals surface area contributed by atoms with Crippen LogP contribution in [0.3, 0.4) is 0 Å². The van der Waals surface area contributed by atoms with Crippen LogP contribution in [0, 0.1) is 23.7 Å². The summed E-state index contributed by atoms with van der Waals surface area (Å²) >= 11 is 0. The Bertz CT molecular complexity index is 654. The number of nitrogens with one attached hydrogen (secondary N) is 1.